The van der Waals surface area contributed by atoms with Gasteiger partial charge in [-0.2, -0.15) is 0 Å². The zero-order chi connectivity index (χ0) is 24.5. The Hall–Kier alpha value is -3.39. The summed E-state index contributed by atoms with van der Waals surface area (Å²) in [6.45, 7) is 0. The van der Waals surface area contributed by atoms with Crippen LogP contribution >= 0.6 is 34.7 Å². The largest absolute Gasteiger partial charge is 0.280 e. The van der Waals surface area contributed by atoms with Gasteiger partial charge in [0, 0.05) is 0 Å². The number of hydrogen-bond acceptors (Lipinski definition) is 5. The molecule has 0 saturated heterocycles. The highest BCUT2D eigenvalue weighted by Crippen LogP contribution is 2.38. The van der Waals surface area contributed by atoms with Crippen LogP contribution in [0.4, 0.5) is 11.4 Å². The smallest absolute Gasteiger partial charge is 0.242 e. The molecule has 0 fully saturated rings. The van der Waals surface area contributed by atoms with Crippen LogP contribution in [0.15, 0.2) is 95.5 Å². The van der Waals surface area contributed by atoms with Gasteiger partial charge in [-0.15, -0.1) is 21.5 Å². The van der Waals surface area contributed by atoms with E-state index in [1.165, 1.54) is 22.9 Å². The maximum atomic E-state index is 13.8. The number of thioether (sulfide) groups is 1. The fourth-order valence-electron chi connectivity index (χ4n) is 4.52. The van der Waals surface area contributed by atoms with Gasteiger partial charge in [-0.25, -0.2) is 0 Å². The third kappa shape index (κ3) is 4.23. The first-order chi connectivity index (χ1) is 17.7. The van der Waals surface area contributed by atoms with Crippen molar-refractivity contribution in [2.24, 2.45) is 0 Å². The second-order valence-corrected chi connectivity index (χ2v) is 10.6. The number of anilines is 2. The highest BCUT2D eigenvalue weighted by Gasteiger charge is 2.27. The molecule has 5 nitrogen and oxygen atoms in total. The zero-order valence-corrected chi connectivity index (χ0v) is 21.6. The molecule has 178 valence electrons. The SMILES string of the molecule is O=C(CSc1nnc(-c2cccs2)n1-c1ccccc1Cl)N1c2ccccc2CCc2ccccc21. The molecule has 0 N–H and O–H groups in total. The van der Waals surface area contributed by atoms with E-state index in [0.717, 1.165) is 34.8 Å². The molecule has 0 aliphatic carbocycles. The summed E-state index contributed by atoms with van der Waals surface area (Å²) in [5.74, 6) is 0.905. The van der Waals surface area contributed by atoms with Crippen LogP contribution in [-0.2, 0) is 17.6 Å². The number of aromatic nitrogens is 3. The van der Waals surface area contributed by atoms with Crippen LogP contribution in [0.25, 0.3) is 16.4 Å². The van der Waals surface area contributed by atoms with Crippen molar-refractivity contribution in [3.63, 3.8) is 0 Å². The standard InChI is InChI=1S/C28H21ClN4OS2/c29-21-10-3-6-13-24(21)33-27(25-14-7-17-35-25)30-31-28(33)36-18-26(34)32-22-11-4-1-8-19(22)15-16-20-9-2-5-12-23(20)32/h1-14,17H,15-16,18H2. The lowest BCUT2D eigenvalue weighted by Crippen LogP contribution is -2.28. The van der Waals surface area contributed by atoms with E-state index in [1.54, 1.807) is 11.3 Å². The summed E-state index contributed by atoms with van der Waals surface area (Å²) >= 11 is 9.54. The minimum Gasteiger partial charge on any atom is -0.280 e. The van der Waals surface area contributed by atoms with Crippen molar-refractivity contribution < 1.29 is 4.79 Å². The van der Waals surface area contributed by atoms with E-state index in [0.29, 0.717) is 16.0 Å². The van der Waals surface area contributed by atoms with E-state index < -0.39 is 0 Å². The molecule has 3 heterocycles. The Balaban J connectivity index is 1.36. The number of amides is 1. The van der Waals surface area contributed by atoms with Gasteiger partial charge in [0.05, 0.1) is 32.7 Å². The van der Waals surface area contributed by atoms with Crippen molar-refractivity contribution in [2.75, 3.05) is 10.7 Å². The van der Waals surface area contributed by atoms with E-state index in [9.17, 15) is 4.79 Å². The number of fused-ring (bicyclic) bond motifs is 2. The molecule has 1 aliphatic rings. The van der Waals surface area contributed by atoms with Crippen molar-refractivity contribution in [2.45, 2.75) is 18.0 Å². The summed E-state index contributed by atoms with van der Waals surface area (Å²) in [5, 5.41) is 12.2. The van der Waals surface area contributed by atoms with Crippen LogP contribution in [0.3, 0.4) is 0 Å². The predicted octanol–water partition coefficient (Wildman–Crippen LogP) is 7.20. The summed E-state index contributed by atoms with van der Waals surface area (Å²) < 4.78 is 1.94. The molecule has 0 saturated carbocycles. The number of benzene rings is 3. The van der Waals surface area contributed by atoms with Gasteiger partial charge in [-0.3, -0.25) is 14.3 Å². The maximum absolute atomic E-state index is 13.8. The number of aryl methyl sites for hydroxylation is 2. The lowest BCUT2D eigenvalue weighted by Gasteiger charge is -2.25. The van der Waals surface area contributed by atoms with Crippen molar-refractivity contribution in [3.05, 3.63) is 106 Å². The van der Waals surface area contributed by atoms with E-state index in [-0.39, 0.29) is 11.7 Å². The van der Waals surface area contributed by atoms with Crippen molar-refractivity contribution in [1.82, 2.24) is 14.8 Å². The lowest BCUT2D eigenvalue weighted by atomic mass is 10.0. The number of thiophene rings is 1. The Morgan fingerprint density at radius 2 is 1.47 bits per heavy atom. The first-order valence-electron chi connectivity index (χ1n) is 11.6. The highest BCUT2D eigenvalue weighted by molar-refractivity contribution is 7.99. The van der Waals surface area contributed by atoms with Crippen molar-refractivity contribution in [3.8, 4) is 16.4 Å². The number of carbonyl (C=O) groups is 1. The first-order valence-corrected chi connectivity index (χ1v) is 13.8. The van der Waals surface area contributed by atoms with Crippen LogP contribution in [0.5, 0.6) is 0 Å². The van der Waals surface area contributed by atoms with Crippen LogP contribution in [0.2, 0.25) is 5.02 Å². The van der Waals surface area contributed by atoms with Crippen LogP contribution < -0.4 is 4.90 Å². The molecule has 3 aromatic carbocycles. The van der Waals surface area contributed by atoms with Gasteiger partial charge < -0.3 is 0 Å². The molecule has 0 bridgehead atoms. The van der Waals surface area contributed by atoms with E-state index >= 15 is 0 Å². The topological polar surface area (TPSA) is 51.0 Å². The molecular formula is C28H21ClN4OS2. The molecule has 2 aromatic heterocycles. The van der Waals surface area contributed by atoms with Crippen LogP contribution in [0, 0.1) is 0 Å². The lowest BCUT2D eigenvalue weighted by molar-refractivity contribution is -0.115. The average molecular weight is 529 g/mol. The molecule has 8 heteroatoms. The molecule has 0 spiro atoms. The summed E-state index contributed by atoms with van der Waals surface area (Å²) in [6.07, 6.45) is 1.80. The Bertz CT molecular complexity index is 1500. The number of hydrogen-bond donors (Lipinski definition) is 0. The Morgan fingerprint density at radius 1 is 0.833 bits per heavy atom. The minimum atomic E-state index is -0.00631. The minimum absolute atomic E-state index is 0.00631. The fraction of sp³-hybridized carbons (Fsp3) is 0.107. The second-order valence-electron chi connectivity index (χ2n) is 8.35. The van der Waals surface area contributed by atoms with E-state index in [2.05, 4.69) is 22.3 Å². The number of halogens is 1. The Morgan fingerprint density at radius 3 is 2.11 bits per heavy atom. The van der Waals surface area contributed by atoms with Crippen molar-refractivity contribution in [1.29, 1.82) is 0 Å². The summed E-state index contributed by atoms with van der Waals surface area (Å²) in [4.78, 5) is 16.7. The Labute approximate surface area is 222 Å². The molecule has 36 heavy (non-hydrogen) atoms. The Kier molecular flexibility index (Phi) is 6.35. The van der Waals surface area contributed by atoms with Gasteiger partial charge in [-0.05, 0) is 59.7 Å². The molecule has 1 aliphatic heterocycles. The van der Waals surface area contributed by atoms with Crippen LogP contribution in [-0.4, -0.2) is 26.4 Å². The second kappa shape index (κ2) is 9.93. The molecule has 1 amide bonds. The number of carbonyl (C=O) groups excluding carboxylic acids is 1. The molecule has 0 atom stereocenters. The van der Waals surface area contributed by atoms with Gasteiger partial charge in [0.2, 0.25) is 5.91 Å². The molecule has 6 rings (SSSR count). The number of rotatable bonds is 5. The third-order valence-corrected chi connectivity index (χ3v) is 8.27. The number of nitrogens with zero attached hydrogens (tertiary/aromatic N) is 4. The summed E-state index contributed by atoms with van der Waals surface area (Å²) in [5.41, 5.74) is 5.02. The fourth-order valence-corrected chi connectivity index (χ4v) is 6.23. The van der Waals surface area contributed by atoms with Gasteiger partial charge >= 0.3 is 0 Å². The molecule has 5 aromatic rings. The zero-order valence-electron chi connectivity index (χ0n) is 19.2. The molecular weight excluding hydrogens is 508 g/mol. The van der Waals surface area contributed by atoms with Crippen molar-refractivity contribution >= 4 is 52.0 Å². The predicted molar refractivity (Wildman–Crippen MR) is 148 cm³/mol. The quantitative estimate of drug-likeness (QED) is 0.226. The normalized spacial score (nSPS) is 12.6. The number of para-hydroxylation sites is 3. The summed E-state index contributed by atoms with van der Waals surface area (Å²) in [6, 6.07) is 27.9. The molecule has 0 radical (unpaired) electrons. The average Bonchev–Trinajstić information content (AvgIpc) is 3.55. The monoisotopic (exact) mass is 528 g/mol. The maximum Gasteiger partial charge on any atom is 0.242 e. The van der Waals surface area contributed by atoms with Gasteiger partial charge in [-0.1, -0.05) is 78.0 Å². The van der Waals surface area contributed by atoms with E-state index in [4.69, 9.17) is 11.6 Å². The first kappa shape index (κ1) is 23.0. The van der Waals surface area contributed by atoms with Gasteiger partial charge in [0.1, 0.15) is 0 Å². The summed E-state index contributed by atoms with van der Waals surface area (Å²) in [7, 11) is 0. The third-order valence-electron chi connectivity index (χ3n) is 6.17. The van der Waals surface area contributed by atoms with Gasteiger partial charge in [0.15, 0.2) is 11.0 Å². The van der Waals surface area contributed by atoms with E-state index in [1.807, 2.05) is 87.6 Å². The molecule has 0 unspecified atom stereocenters. The van der Waals surface area contributed by atoms with Crippen LogP contribution in [0.1, 0.15) is 11.1 Å². The highest BCUT2D eigenvalue weighted by atomic mass is 35.5. The van der Waals surface area contributed by atoms with Gasteiger partial charge in [0.25, 0.3) is 0 Å².